The Morgan fingerprint density at radius 2 is 2.36 bits per heavy atom. The fraction of sp³-hybridized carbons (Fsp3) is 0.286. The number of hydrogen-bond acceptors (Lipinski definition) is 2. The molecule has 0 fully saturated rings. The molecule has 0 amide bonds. The van der Waals surface area contributed by atoms with E-state index in [0.29, 0.717) is 6.42 Å². The first-order chi connectivity index (χ1) is 5.25. The molecule has 1 rings (SSSR count). The first-order valence-electron chi connectivity index (χ1n) is 3.08. The van der Waals surface area contributed by atoms with Crippen molar-refractivity contribution < 1.29 is 4.79 Å². The number of rotatable bonds is 3. The number of thiophene rings is 1. The topological polar surface area (TPSA) is 17.1 Å². The van der Waals surface area contributed by atoms with Crippen molar-refractivity contribution in [1.82, 2.24) is 0 Å². The van der Waals surface area contributed by atoms with Crippen LogP contribution in [0.2, 0.25) is 0 Å². The van der Waals surface area contributed by atoms with Crippen molar-refractivity contribution in [3.8, 4) is 0 Å². The van der Waals surface area contributed by atoms with Crippen molar-refractivity contribution in [2.24, 2.45) is 0 Å². The van der Waals surface area contributed by atoms with Crippen LogP contribution in [-0.2, 0) is 0 Å². The lowest BCUT2D eigenvalue weighted by molar-refractivity contribution is 0.0993. The summed E-state index contributed by atoms with van der Waals surface area (Å²) in [6.45, 7) is 0. The summed E-state index contributed by atoms with van der Waals surface area (Å²) in [7, 11) is 0. The largest absolute Gasteiger partial charge is 0.293 e. The zero-order valence-electron chi connectivity index (χ0n) is 5.64. The summed E-state index contributed by atoms with van der Waals surface area (Å²) in [4.78, 5) is 12.1. The van der Waals surface area contributed by atoms with Gasteiger partial charge in [-0.25, -0.2) is 0 Å². The van der Waals surface area contributed by atoms with Gasteiger partial charge < -0.3 is 0 Å². The molecule has 1 aromatic rings. The molecule has 11 heavy (non-hydrogen) atoms. The normalized spacial score (nSPS) is 10.0. The third-order valence-electron chi connectivity index (χ3n) is 1.19. The molecule has 1 aromatic heterocycles. The third kappa shape index (κ3) is 2.39. The van der Waals surface area contributed by atoms with Gasteiger partial charge in [0, 0.05) is 16.2 Å². The minimum absolute atomic E-state index is 0.198. The molecule has 0 saturated heterocycles. The Balaban J connectivity index is 2.76. The highest BCUT2D eigenvalue weighted by atomic mass is 79.9. The number of halogens is 2. The molecule has 0 saturated carbocycles. The summed E-state index contributed by atoms with van der Waals surface area (Å²) in [6.07, 6.45) is 0.569. The van der Waals surface area contributed by atoms with E-state index < -0.39 is 0 Å². The van der Waals surface area contributed by atoms with Crippen LogP contribution in [0.25, 0.3) is 0 Å². The minimum Gasteiger partial charge on any atom is -0.293 e. The number of ketones is 1. The first kappa shape index (κ1) is 9.42. The second-order valence-electron chi connectivity index (χ2n) is 1.96. The maximum absolute atomic E-state index is 11.3. The lowest BCUT2D eigenvalue weighted by Gasteiger charge is -1.93. The van der Waals surface area contributed by atoms with Crippen LogP contribution in [0.1, 0.15) is 16.1 Å². The van der Waals surface area contributed by atoms with Gasteiger partial charge in [0.15, 0.2) is 5.78 Å². The molecule has 0 aliphatic carbocycles. The summed E-state index contributed by atoms with van der Waals surface area (Å²) in [5, 5.41) is 2.64. The molecule has 0 aliphatic rings. The van der Waals surface area contributed by atoms with Crippen molar-refractivity contribution in [3.63, 3.8) is 0 Å². The van der Waals surface area contributed by atoms with E-state index in [9.17, 15) is 4.79 Å². The molecule has 4 heteroatoms. The Morgan fingerprint density at radius 1 is 1.64 bits per heavy atom. The van der Waals surface area contributed by atoms with Gasteiger partial charge >= 0.3 is 0 Å². The van der Waals surface area contributed by atoms with E-state index in [2.05, 4.69) is 31.9 Å². The summed E-state index contributed by atoms with van der Waals surface area (Å²) in [5.74, 6) is 0.198. The molecule has 0 aliphatic heterocycles. The molecule has 1 nitrogen and oxygen atoms in total. The van der Waals surface area contributed by atoms with Crippen LogP contribution in [-0.4, -0.2) is 11.1 Å². The van der Waals surface area contributed by atoms with E-state index in [0.717, 1.165) is 14.7 Å². The first-order valence-corrected chi connectivity index (χ1v) is 5.87. The lowest BCUT2D eigenvalue weighted by atomic mass is 10.3. The molecular formula is C7H6Br2OS. The SMILES string of the molecule is O=C(CCBr)c1sccc1Br. The predicted octanol–water partition coefficient (Wildman–Crippen LogP) is 3.48. The van der Waals surface area contributed by atoms with Crippen molar-refractivity contribution in [3.05, 3.63) is 20.8 Å². The monoisotopic (exact) mass is 296 g/mol. The number of carbonyl (C=O) groups excluding carboxylic acids is 1. The van der Waals surface area contributed by atoms with Gasteiger partial charge in [-0.1, -0.05) is 15.9 Å². The molecule has 60 valence electrons. The molecule has 1 heterocycles. The summed E-state index contributed by atoms with van der Waals surface area (Å²) < 4.78 is 0.911. The fourth-order valence-electron chi connectivity index (χ4n) is 0.692. The molecule has 0 bridgehead atoms. The van der Waals surface area contributed by atoms with E-state index in [1.165, 1.54) is 11.3 Å². The molecule has 0 aromatic carbocycles. The van der Waals surface area contributed by atoms with E-state index in [1.54, 1.807) is 0 Å². The van der Waals surface area contributed by atoms with Crippen LogP contribution in [0, 0.1) is 0 Å². The third-order valence-corrected chi connectivity index (χ3v) is 3.47. The average Bonchev–Trinajstić information content (AvgIpc) is 2.36. The average molecular weight is 298 g/mol. The van der Waals surface area contributed by atoms with Crippen molar-refractivity contribution in [1.29, 1.82) is 0 Å². The standard InChI is InChI=1S/C7H6Br2OS/c8-3-1-6(10)7-5(9)2-4-11-7/h2,4H,1,3H2. The fourth-order valence-corrected chi connectivity index (χ4v) is 2.62. The lowest BCUT2D eigenvalue weighted by Crippen LogP contribution is -1.96. The quantitative estimate of drug-likeness (QED) is 0.617. The highest BCUT2D eigenvalue weighted by molar-refractivity contribution is 9.10. The van der Waals surface area contributed by atoms with Crippen LogP contribution in [0.3, 0.4) is 0 Å². The number of alkyl halides is 1. The van der Waals surface area contributed by atoms with Gasteiger partial charge in [0.2, 0.25) is 0 Å². The smallest absolute Gasteiger partial charge is 0.174 e. The van der Waals surface area contributed by atoms with E-state index >= 15 is 0 Å². The second-order valence-corrected chi connectivity index (χ2v) is 4.52. The Morgan fingerprint density at radius 3 is 2.82 bits per heavy atom. The zero-order valence-corrected chi connectivity index (χ0v) is 9.63. The Hall–Kier alpha value is 0.330. The zero-order chi connectivity index (χ0) is 8.27. The Bertz CT molecular complexity index is 257. The van der Waals surface area contributed by atoms with E-state index in [-0.39, 0.29) is 5.78 Å². The van der Waals surface area contributed by atoms with Gasteiger partial charge in [0.05, 0.1) is 4.88 Å². The molecule has 0 unspecified atom stereocenters. The summed E-state index contributed by atoms with van der Waals surface area (Å²) >= 11 is 8.02. The predicted molar refractivity (Wildman–Crippen MR) is 54.8 cm³/mol. The summed E-state index contributed by atoms with van der Waals surface area (Å²) in [5.41, 5.74) is 0. The van der Waals surface area contributed by atoms with Gasteiger partial charge in [-0.3, -0.25) is 4.79 Å². The van der Waals surface area contributed by atoms with E-state index in [1.807, 2.05) is 11.4 Å². The van der Waals surface area contributed by atoms with Crippen molar-refractivity contribution in [2.75, 3.05) is 5.33 Å². The van der Waals surface area contributed by atoms with Gasteiger partial charge in [-0.2, -0.15) is 0 Å². The minimum atomic E-state index is 0.198. The highest BCUT2D eigenvalue weighted by Crippen LogP contribution is 2.23. The maximum atomic E-state index is 11.3. The van der Waals surface area contributed by atoms with Crippen molar-refractivity contribution >= 4 is 49.0 Å². The Labute approximate surface area is 86.1 Å². The molecule has 0 atom stereocenters. The van der Waals surface area contributed by atoms with Crippen LogP contribution in [0.5, 0.6) is 0 Å². The molecular weight excluding hydrogens is 292 g/mol. The van der Waals surface area contributed by atoms with Crippen molar-refractivity contribution in [2.45, 2.75) is 6.42 Å². The maximum Gasteiger partial charge on any atom is 0.174 e. The van der Waals surface area contributed by atoms with Crippen LogP contribution in [0.4, 0.5) is 0 Å². The van der Waals surface area contributed by atoms with Gasteiger partial charge in [-0.15, -0.1) is 11.3 Å². The second kappa shape index (κ2) is 4.38. The number of hydrogen-bond donors (Lipinski definition) is 0. The van der Waals surface area contributed by atoms with Crippen LogP contribution in [0.15, 0.2) is 15.9 Å². The van der Waals surface area contributed by atoms with Gasteiger partial charge in [-0.05, 0) is 27.4 Å². The van der Waals surface area contributed by atoms with E-state index in [4.69, 9.17) is 0 Å². The van der Waals surface area contributed by atoms with Gasteiger partial charge in [0.1, 0.15) is 0 Å². The summed E-state index contributed by atoms with van der Waals surface area (Å²) in [6, 6.07) is 1.89. The highest BCUT2D eigenvalue weighted by Gasteiger charge is 2.09. The molecule has 0 radical (unpaired) electrons. The molecule has 0 N–H and O–H groups in total. The van der Waals surface area contributed by atoms with Crippen LogP contribution < -0.4 is 0 Å². The number of carbonyl (C=O) groups is 1. The van der Waals surface area contributed by atoms with Crippen LogP contribution >= 0.6 is 43.2 Å². The Kier molecular flexibility index (Phi) is 3.75. The van der Waals surface area contributed by atoms with Gasteiger partial charge in [0.25, 0.3) is 0 Å². The number of Topliss-reactive ketones (excluding diaryl/α,β-unsaturated/α-hetero) is 1. The molecule has 0 spiro atoms.